The highest BCUT2D eigenvalue weighted by molar-refractivity contribution is 5.96. The molecular formula is C11H10F2O. The molecule has 1 nitrogen and oxygen atoms in total. The van der Waals surface area contributed by atoms with Crippen LogP contribution in [0.4, 0.5) is 8.78 Å². The van der Waals surface area contributed by atoms with E-state index in [0.29, 0.717) is 12.3 Å². The Kier molecular flexibility index (Phi) is 2.32. The summed E-state index contributed by atoms with van der Waals surface area (Å²) in [6.45, 7) is 0. The minimum Gasteiger partial charge on any atom is -0.294 e. The zero-order valence-corrected chi connectivity index (χ0v) is 7.59. The highest BCUT2D eigenvalue weighted by Crippen LogP contribution is 2.33. The summed E-state index contributed by atoms with van der Waals surface area (Å²) in [5, 5.41) is 0. The van der Waals surface area contributed by atoms with E-state index in [1.165, 1.54) is 0 Å². The first kappa shape index (κ1) is 9.31. The minimum absolute atomic E-state index is 0.148. The van der Waals surface area contributed by atoms with Crippen molar-refractivity contribution in [2.75, 3.05) is 0 Å². The SMILES string of the molecule is O=C(CC1CC1)c1cc(F)cc(F)c1. The highest BCUT2D eigenvalue weighted by atomic mass is 19.1. The lowest BCUT2D eigenvalue weighted by atomic mass is 10.1. The van der Waals surface area contributed by atoms with E-state index in [0.717, 1.165) is 31.0 Å². The molecule has 0 bridgehead atoms. The number of rotatable bonds is 3. The van der Waals surface area contributed by atoms with Crippen LogP contribution in [0.15, 0.2) is 18.2 Å². The number of halogens is 2. The van der Waals surface area contributed by atoms with E-state index >= 15 is 0 Å². The summed E-state index contributed by atoms with van der Waals surface area (Å²) >= 11 is 0. The Balaban J connectivity index is 2.17. The van der Waals surface area contributed by atoms with Crippen molar-refractivity contribution in [3.8, 4) is 0 Å². The number of hydrogen-bond acceptors (Lipinski definition) is 1. The van der Waals surface area contributed by atoms with Gasteiger partial charge in [0.15, 0.2) is 5.78 Å². The number of Topliss-reactive ketones (excluding diaryl/α,β-unsaturated/α-hetero) is 1. The molecular weight excluding hydrogens is 186 g/mol. The predicted octanol–water partition coefficient (Wildman–Crippen LogP) is 2.95. The van der Waals surface area contributed by atoms with E-state index in [-0.39, 0.29) is 11.3 Å². The highest BCUT2D eigenvalue weighted by Gasteiger charge is 2.25. The summed E-state index contributed by atoms with van der Waals surface area (Å²) in [6.07, 6.45) is 2.54. The van der Waals surface area contributed by atoms with Crippen LogP contribution >= 0.6 is 0 Å². The van der Waals surface area contributed by atoms with Crippen molar-refractivity contribution in [3.63, 3.8) is 0 Å². The topological polar surface area (TPSA) is 17.1 Å². The van der Waals surface area contributed by atoms with E-state index in [1.807, 2.05) is 0 Å². The Bertz CT molecular complexity index is 349. The Labute approximate surface area is 80.7 Å². The number of hydrogen-bond donors (Lipinski definition) is 0. The summed E-state index contributed by atoms with van der Waals surface area (Å²) in [6, 6.07) is 2.95. The molecule has 14 heavy (non-hydrogen) atoms. The van der Waals surface area contributed by atoms with Crippen molar-refractivity contribution in [2.45, 2.75) is 19.3 Å². The fourth-order valence-electron chi connectivity index (χ4n) is 1.42. The molecule has 0 amide bonds. The number of ketones is 1. The molecule has 0 spiro atoms. The number of benzene rings is 1. The maximum atomic E-state index is 12.7. The van der Waals surface area contributed by atoms with E-state index in [2.05, 4.69) is 0 Å². The molecule has 0 N–H and O–H groups in total. The summed E-state index contributed by atoms with van der Waals surface area (Å²) in [5.74, 6) is -1.10. The van der Waals surface area contributed by atoms with Crippen molar-refractivity contribution >= 4 is 5.78 Å². The smallest absolute Gasteiger partial charge is 0.163 e. The van der Waals surface area contributed by atoms with Crippen molar-refractivity contribution in [2.24, 2.45) is 5.92 Å². The van der Waals surface area contributed by atoms with Gasteiger partial charge in [-0.15, -0.1) is 0 Å². The molecule has 0 atom stereocenters. The zero-order chi connectivity index (χ0) is 10.1. The van der Waals surface area contributed by atoms with Crippen molar-refractivity contribution < 1.29 is 13.6 Å². The second-order valence-electron chi connectivity index (χ2n) is 3.73. The summed E-state index contributed by atoms with van der Waals surface area (Å²) in [5.41, 5.74) is 0.148. The van der Waals surface area contributed by atoms with Gasteiger partial charge in [-0.1, -0.05) is 0 Å². The van der Waals surface area contributed by atoms with E-state index in [1.54, 1.807) is 0 Å². The molecule has 1 aliphatic carbocycles. The first-order chi connectivity index (χ1) is 6.65. The second-order valence-corrected chi connectivity index (χ2v) is 3.73. The second kappa shape index (κ2) is 3.48. The molecule has 0 aromatic heterocycles. The maximum Gasteiger partial charge on any atom is 0.163 e. The lowest BCUT2D eigenvalue weighted by Gasteiger charge is -2.00. The van der Waals surface area contributed by atoms with Crippen LogP contribution in [0, 0.1) is 17.6 Å². The Morgan fingerprint density at radius 1 is 1.21 bits per heavy atom. The van der Waals surface area contributed by atoms with Gasteiger partial charge in [0.05, 0.1) is 0 Å². The van der Waals surface area contributed by atoms with Crippen molar-refractivity contribution in [1.82, 2.24) is 0 Å². The Hall–Kier alpha value is -1.25. The molecule has 0 saturated heterocycles. The van der Waals surface area contributed by atoms with Crippen LogP contribution in [0.5, 0.6) is 0 Å². The monoisotopic (exact) mass is 196 g/mol. The van der Waals surface area contributed by atoms with Gasteiger partial charge in [0.25, 0.3) is 0 Å². The average Bonchev–Trinajstić information content (AvgIpc) is 2.86. The van der Waals surface area contributed by atoms with Crippen molar-refractivity contribution in [1.29, 1.82) is 0 Å². The lowest BCUT2D eigenvalue weighted by molar-refractivity contribution is 0.0975. The fraction of sp³-hybridized carbons (Fsp3) is 0.364. The third kappa shape index (κ3) is 2.16. The van der Waals surface area contributed by atoms with Gasteiger partial charge in [0.2, 0.25) is 0 Å². The Morgan fingerprint density at radius 2 is 1.79 bits per heavy atom. The van der Waals surface area contributed by atoms with Gasteiger partial charge in [-0.25, -0.2) is 8.78 Å². The number of carbonyl (C=O) groups is 1. The number of carbonyl (C=O) groups excluding carboxylic acids is 1. The Morgan fingerprint density at radius 3 is 2.29 bits per heavy atom. The van der Waals surface area contributed by atoms with Gasteiger partial charge in [-0.05, 0) is 30.9 Å². The molecule has 0 aliphatic heterocycles. The lowest BCUT2D eigenvalue weighted by Crippen LogP contribution is -2.01. The van der Waals surface area contributed by atoms with Gasteiger partial charge in [0, 0.05) is 18.1 Å². The molecule has 0 unspecified atom stereocenters. The first-order valence-electron chi connectivity index (χ1n) is 4.64. The first-order valence-corrected chi connectivity index (χ1v) is 4.64. The van der Waals surface area contributed by atoms with Gasteiger partial charge in [0.1, 0.15) is 11.6 Å². The maximum absolute atomic E-state index is 12.7. The van der Waals surface area contributed by atoms with Crippen LogP contribution in [0.3, 0.4) is 0 Å². The van der Waals surface area contributed by atoms with Gasteiger partial charge < -0.3 is 0 Å². The predicted molar refractivity (Wildman–Crippen MR) is 48.0 cm³/mol. The molecule has 1 aromatic carbocycles. The molecule has 1 saturated carbocycles. The fourth-order valence-corrected chi connectivity index (χ4v) is 1.42. The standard InChI is InChI=1S/C11H10F2O/c12-9-4-8(5-10(13)6-9)11(14)3-7-1-2-7/h4-7H,1-3H2. The molecule has 3 heteroatoms. The molecule has 0 radical (unpaired) electrons. The van der Waals surface area contributed by atoms with Gasteiger partial charge in [-0.2, -0.15) is 0 Å². The molecule has 74 valence electrons. The van der Waals surface area contributed by atoms with Gasteiger partial charge in [-0.3, -0.25) is 4.79 Å². The summed E-state index contributed by atoms with van der Waals surface area (Å²) < 4.78 is 25.5. The largest absolute Gasteiger partial charge is 0.294 e. The third-order valence-electron chi connectivity index (χ3n) is 2.36. The van der Waals surface area contributed by atoms with Crippen molar-refractivity contribution in [3.05, 3.63) is 35.4 Å². The van der Waals surface area contributed by atoms with E-state index < -0.39 is 11.6 Å². The molecule has 1 aliphatic rings. The van der Waals surface area contributed by atoms with Crippen LogP contribution in [-0.4, -0.2) is 5.78 Å². The minimum atomic E-state index is -0.691. The molecule has 0 heterocycles. The van der Waals surface area contributed by atoms with E-state index in [4.69, 9.17) is 0 Å². The van der Waals surface area contributed by atoms with Crippen LogP contribution in [0.2, 0.25) is 0 Å². The normalized spacial score (nSPS) is 15.6. The van der Waals surface area contributed by atoms with Gasteiger partial charge >= 0.3 is 0 Å². The van der Waals surface area contributed by atoms with Crippen LogP contribution < -0.4 is 0 Å². The molecule has 1 aromatic rings. The van der Waals surface area contributed by atoms with Crippen LogP contribution in [0.1, 0.15) is 29.6 Å². The zero-order valence-electron chi connectivity index (χ0n) is 7.59. The van der Waals surface area contributed by atoms with Crippen LogP contribution in [0.25, 0.3) is 0 Å². The van der Waals surface area contributed by atoms with E-state index in [9.17, 15) is 13.6 Å². The molecule has 2 rings (SSSR count). The van der Waals surface area contributed by atoms with Crippen LogP contribution in [-0.2, 0) is 0 Å². The quantitative estimate of drug-likeness (QED) is 0.679. The molecule has 1 fully saturated rings. The summed E-state index contributed by atoms with van der Waals surface area (Å²) in [7, 11) is 0. The third-order valence-corrected chi connectivity index (χ3v) is 2.36. The summed E-state index contributed by atoms with van der Waals surface area (Å²) in [4.78, 5) is 11.5. The average molecular weight is 196 g/mol.